The molecule has 0 saturated heterocycles. The average molecular weight is 243 g/mol. The molecule has 18 heavy (non-hydrogen) atoms. The van der Waals surface area contributed by atoms with Crippen molar-refractivity contribution in [2.24, 2.45) is 5.73 Å². The van der Waals surface area contributed by atoms with Gasteiger partial charge in [-0.05, 0) is 44.0 Å². The van der Waals surface area contributed by atoms with Gasteiger partial charge in [0.25, 0.3) is 0 Å². The van der Waals surface area contributed by atoms with E-state index in [0.717, 1.165) is 28.3 Å². The van der Waals surface area contributed by atoms with Gasteiger partial charge in [0.15, 0.2) is 0 Å². The maximum Gasteiger partial charge on any atom is 0.322 e. The monoisotopic (exact) mass is 243 g/mol. The Morgan fingerprint density at radius 3 is 2.33 bits per heavy atom. The molecule has 0 aliphatic heterocycles. The largest absolute Gasteiger partial charge is 0.424 e. The van der Waals surface area contributed by atoms with Gasteiger partial charge in [-0.2, -0.15) is 0 Å². The Hall–Kier alpha value is -1.94. The maximum absolute atomic E-state index is 5.74. The molecule has 1 aromatic heterocycles. The third kappa shape index (κ3) is 2.84. The number of ether oxygens (including phenoxy) is 1. The summed E-state index contributed by atoms with van der Waals surface area (Å²) in [6.07, 6.45) is 0. The fraction of sp³-hybridized carbons (Fsp3) is 0.286. The molecule has 94 valence electrons. The smallest absolute Gasteiger partial charge is 0.322 e. The Bertz CT molecular complexity index is 547. The van der Waals surface area contributed by atoms with E-state index in [9.17, 15) is 0 Å². The minimum Gasteiger partial charge on any atom is -0.424 e. The van der Waals surface area contributed by atoms with Crippen LogP contribution in [-0.4, -0.2) is 9.97 Å². The number of rotatable bonds is 3. The van der Waals surface area contributed by atoms with Gasteiger partial charge >= 0.3 is 6.01 Å². The highest BCUT2D eigenvalue weighted by atomic mass is 16.5. The van der Waals surface area contributed by atoms with E-state index >= 15 is 0 Å². The first-order valence-corrected chi connectivity index (χ1v) is 5.88. The summed E-state index contributed by atoms with van der Waals surface area (Å²) in [4.78, 5) is 8.52. The first-order chi connectivity index (χ1) is 8.58. The van der Waals surface area contributed by atoms with Crippen molar-refractivity contribution in [1.29, 1.82) is 0 Å². The van der Waals surface area contributed by atoms with Crippen LogP contribution in [0.15, 0.2) is 24.3 Å². The van der Waals surface area contributed by atoms with Crippen molar-refractivity contribution in [2.75, 3.05) is 0 Å². The molecule has 1 heterocycles. The van der Waals surface area contributed by atoms with Crippen molar-refractivity contribution in [3.63, 3.8) is 0 Å². The molecule has 0 aliphatic carbocycles. The zero-order valence-electron chi connectivity index (χ0n) is 10.9. The Balaban J connectivity index is 2.33. The summed E-state index contributed by atoms with van der Waals surface area (Å²) in [7, 11) is 0. The fourth-order valence-corrected chi connectivity index (χ4v) is 1.72. The molecule has 2 N–H and O–H groups in total. The van der Waals surface area contributed by atoms with Crippen molar-refractivity contribution < 1.29 is 4.74 Å². The summed E-state index contributed by atoms with van der Waals surface area (Å²) < 4.78 is 5.74. The molecule has 4 heteroatoms. The maximum atomic E-state index is 5.74. The first-order valence-electron chi connectivity index (χ1n) is 5.88. The molecule has 0 spiro atoms. The highest BCUT2D eigenvalue weighted by Crippen LogP contribution is 2.24. The van der Waals surface area contributed by atoms with Gasteiger partial charge in [-0.15, -0.1) is 0 Å². The van der Waals surface area contributed by atoms with E-state index in [-0.39, 0.29) is 0 Å². The molecule has 0 amide bonds. The second-order valence-corrected chi connectivity index (χ2v) is 4.34. The summed E-state index contributed by atoms with van der Waals surface area (Å²) in [5, 5.41) is 0. The quantitative estimate of drug-likeness (QED) is 0.900. The molecule has 0 radical (unpaired) electrons. The lowest BCUT2D eigenvalue weighted by molar-refractivity contribution is 0.435. The van der Waals surface area contributed by atoms with Crippen LogP contribution in [0.25, 0.3) is 0 Å². The molecule has 1 aromatic carbocycles. The van der Waals surface area contributed by atoms with Gasteiger partial charge in [-0.25, -0.2) is 9.97 Å². The number of hydrogen-bond donors (Lipinski definition) is 1. The number of aromatic nitrogens is 2. The molecule has 0 aliphatic rings. The van der Waals surface area contributed by atoms with Crippen LogP contribution in [0, 0.1) is 20.8 Å². The molecule has 2 rings (SSSR count). The minimum atomic E-state index is 0.379. The van der Waals surface area contributed by atoms with Crippen molar-refractivity contribution in [3.8, 4) is 11.8 Å². The highest BCUT2D eigenvalue weighted by Gasteiger charge is 2.06. The third-order valence-corrected chi connectivity index (χ3v) is 2.65. The standard InChI is InChI=1S/C14H17N3O/c1-9-4-5-12(8-15)7-13(9)18-14-16-10(2)6-11(3)17-14/h4-7H,8,15H2,1-3H3. The van der Waals surface area contributed by atoms with Crippen LogP contribution in [0.4, 0.5) is 0 Å². The molecule has 2 aromatic rings. The Kier molecular flexibility index (Phi) is 3.58. The lowest BCUT2D eigenvalue weighted by Crippen LogP contribution is -2.00. The molecule has 0 unspecified atom stereocenters. The Morgan fingerprint density at radius 2 is 1.72 bits per heavy atom. The highest BCUT2D eigenvalue weighted by molar-refractivity contribution is 5.38. The third-order valence-electron chi connectivity index (χ3n) is 2.65. The van der Waals surface area contributed by atoms with Gasteiger partial charge in [-0.3, -0.25) is 0 Å². The molecular weight excluding hydrogens is 226 g/mol. The van der Waals surface area contributed by atoms with Gasteiger partial charge in [0.2, 0.25) is 0 Å². The summed E-state index contributed by atoms with van der Waals surface area (Å²) >= 11 is 0. The molecular formula is C14H17N3O. The summed E-state index contributed by atoms with van der Waals surface area (Å²) in [6.45, 7) is 6.32. The number of benzene rings is 1. The SMILES string of the molecule is Cc1cc(C)nc(Oc2cc(CN)ccc2C)n1. The van der Waals surface area contributed by atoms with Gasteiger partial charge in [0.1, 0.15) is 5.75 Å². The minimum absolute atomic E-state index is 0.379. The van der Waals surface area contributed by atoms with Gasteiger partial charge in [0.05, 0.1) is 0 Å². The van der Waals surface area contributed by atoms with Crippen molar-refractivity contribution in [1.82, 2.24) is 9.97 Å². The van der Waals surface area contributed by atoms with E-state index in [1.165, 1.54) is 0 Å². The van der Waals surface area contributed by atoms with Gasteiger partial charge in [0, 0.05) is 17.9 Å². The Labute approximate surface area is 107 Å². The molecule has 0 bridgehead atoms. The zero-order valence-corrected chi connectivity index (χ0v) is 10.9. The lowest BCUT2D eigenvalue weighted by Gasteiger charge is -2.09. The summed E-state index contributed by atoms with van der Waals surface area (Å²) in [5.41, 5.74) is 9.48. The van der Waals surface area contributed by atoms with Crippen molar-refractivity contribution in [3.05, 3.63) is 46.8 Å². The van der Waals surface area contributed by atoms with Crippen molar-refractivity contribution in [2.45, 2.75) is 27.3 Å². The van der Waals surface area contributed by atoms with Crippen LogP contribution in [0.3, 0.4) is 0 Å². The second-order valence-electron chi connectivity index (χ2n) is 4.34. The van der Waals surface area contributed by atoms with Gasteiger partial charge < -0.3 is 10.5 Å². The zero-order chi connectivity index (χ0) is 13.1. The summed E-state index contributed by atoms with van der Waals surface area (Å²) in [6, 6.07) is 8.20. The van der Waals surface area contributed by atoms with E-state index in [0.29, 0.717) is 12.6 Å². The number of nitrogens with two attached hydrogens (primary N) is 1. The normalized spacial score (nSPS) is 10.4. The van der Waals surface area contributed by atoms with Crippen LogP contribution in [0.2, 0.25) is 0 Å². The molecule has 0 atom stereocenters. The van der Waals surface area contributed by atoms with Crippen LogP contribution >= 0.6 is 0 Å². The summed E-state index contributed by atoms with van der Waals surface area (Å²) in [5.74, 6) is 0.753. The predicted molar refractivity (Wildman–Crippen MR) is 70.7 cm³/mol. The molecule has 0 fully saturated rings. The van der Waals surface area contributed by atoms with Crippen LogP contribution in [-0.2, 0) is 6.54 Å². The van der Waals surface area contributed by atoms with Crippen molar-refractivity contribution >= 4 is 0 Å². The predicted octanol–water partition coefficient (Wildman–Crippen LogP) is 2.65. The van der Waals surface area contributed by atoms with E-state index in [4.69, 9.17) is 10.5 Å². The van der Waals surface area contributed by atoms with E-state index in [1.807, 2.05) is 45.0 Å². The van der Waals surface area contributed by atoms with Gasteiger partial charge in [-0.1, -0.05) is 12.1 Å². The van der Waals surface area contributed by atoms with Crippen LogP contribution in [0.5, 0.6) is 11.8 Å². The lowest BCUT2D eigenvalue weighted by atomic mass is 10.1. The van der Waals surface area contributed by atoms with Crippen LogP contribution in [0.1, 0.15) is 22.5 Å². The number of nitrogens with zero attached hydrogens (tertiary/aromatic N) is 2. The topological polar surface area (TPSA) is 61.0 Å². The van der Waals surface area contributed by atoms with E-state index in [2.05, 4.69) is 9.97 Å². The molecule has 0 saturated carbocycles. The van der Waals surface area contributed by atoms with Crippen LogP contribution < -0.4 is 10.5 Å². The van der Waals surface area contributed by atoms with E-state index in [1.54, 1.807) is 0 Å². The fourth-order valence-electron chi connectivity index (χ4n) is 1.72. The Morgan fingerprint density at radius 1 is 1.06 bits per heavy atom. The van der Waals surface area contributed by atoms with E-state index < -0.39 is 0 Å². The first kappa shape index (κ1) is 12.5. The second kappa shape index (κ2) is 5.14. The number of aryl methyl sites for hydroxylation is 3. The average Bonchev–Trinajstić information content (AvgIpc) is 2.30. The number of hydrogen-bond acceptors (Lipinski definition) is 4. The molecule has 4 nitrogen and oxygen atoms in total.